The molecule has 3 rings (SSSR count). The molecule has 1 heterocycles. The predicted molar refractivity (Wildman–Crippen MR) is 120 cm³/mol. The number of carbonyl (C=O) groups excluding carboxylic acids is 3. The number of imide groups is 1. The number of hydrogen-bond acceptors (Lipinski definition) is 8. The van der Waals surface area contributed by atoms with Gasteiger partial charge in [-0.25, -0.2) is 9.59 Å². The van der Waals surface area contributed by atoms with E-state index in [0.29, 0.717) is 22.6 Å². The van der Waals surface area contributed by atoms with Crippen LogP contribution in [-0.4, -0.2) is 53.4 Å². The minimum Gasteiger partial charge on any atom is -0.493 e. The van der Waals surface area contributed by atoms with E-state index in [4.69, 9.17) is 14.6 Å². The van der Waals surface area contributed by atoms with Gasteiger partial charge in [0.15, 0.2) is 11.5 Å². The number of carboxylic acid groups (broad SMARTS) is 1. The molecule has 10 heteroatoms. The van der Waals surface area contributed by atoms with Gasteiger partial charge in [-0.3, -0.25) is 14.5 Å². The molecular formula is C23H21NO8S. The van der Waals surface area contributed by atoms with Crippen LogP contribution in [0.2, 0.25) is 0 Å². The lowest BCUT2D eigenvalue weighted by Crippen LogP contribution is -2.42. The molecule has 1 aliphatic heterocycles. The molecular weight excluding hydrogens is 450 g/mol. The molecule has 1 N–H and O–H groups in total. The van der Waals surface area contributed by atoms with E-state index in [2.05, 4.69) is 4.74 Å². The molecule has 0 spiro atoms. The summed E-state index contributed by atoms with van der Waals surface area (Å²) in [6.45, 7) is 1.55. The summed E-state index contributed by atoms with van der Waals surface area (Å²) in [5.41, 5.74) is 1.42. The average Bonchev–Trinajstić information content (AvgIpc) is 3.09. The number of esters is 1. The van der Waals surface area contributed by atoms with Gasteiger partial charge in [-0.1, -0.05) is 18.2 Å². The Morgan fingerprint density at radius 2 is 1.88 bits per heavy atom. The highest BCUT2D eigenvalue weighted by molar-refractivity contribution is 8.18. The highest BCUT2D eigenvalue weighted by atomic mass is 32.2. The van der Waals surface area contributed by atoms with Crippen molar-refractivity contribution in [1.29, 1.82) is 0 Å². The molecule has 0 saturated carbocycles. The van der Waals surface area contributed by atoms with E-state index in [1.165, 1.54) is 39.4 Å². The standard InChI is InChI=1S/C23H21NO8S/c1-13(22(28)31-3)24-20(25)19(33-23(24)29)11-14-7-8-17(18(10-14)30-2)32-12-15-5-4-6-16(9-15)21(26)27/h4-11,13H,12H2,1-3H3,(H,26,27)/b19-11-/t13-/m1/s1. The van der Waals surface area contributed by atoms with Gasteiger partial charge < -0.3 is 19.3 Å². The number of carboxylic acids is 1. The maximum Gasteiger partial charge on any atom is 0.335 e. The van der Waals surface area contributed by atoms with E-state index >= 15 is 0 Å². The molecule has 1 saturated heterocycles. The first-order valence-electron chi connectivity index (χ1n) is 9.73. The molecule has 1 aliphatic rings. The predicted octanol–water partition coefficient (Wildman–Crippen LogP) is 3.57. The van der Waals surface area contributed by atoms with Crippen LogP contribution in [0.4, 0.5) is 4.79 Å². The number of aromatic carboxylic acids is 1. The van der Waals surface area contributed by atoms with Gasteiger partial charge in [-0.05, 0) is 60.2 Å². The fourth-order valence-corrected chi connectivity index (χ4v) is 4.00. The Hall–Kier alpha value is -3.79. The molecule has 1 fully saturated rings. The Labute approximate surface area is 193 Å². The number of hydrogen-bond donors (Lipinski definition) is 1. The van der Waals surface area contributed by atoms with Crippen molar-refractivity contribution in [1.82, 2.24) is 4.90 Å². The van der Waals surface area contributed by atoms with E-state index in [0.717, 1.165) is 16.7 Å². The topological polar surface area (TPSA) is 119 Å². The molecule has 33 heavy (non-hydrogen) atoms. The van der Waals surface area contributed by atoms with Crippen molar-refractivity contribution in [2.75, 3.05) is 14.2 Å². The van der Waals surface area contributed by atoms with Gasteiger partial charge in [0.25, 0.3) is 11.1 Å². The summed E-state index contributed by atoms with van der Waals surface area (Å²) in [5, 5.41) is 8.55. The first-order valence-corrected chi connectivity index (χ1v) is 10.5. The number of rotatable bonds is 8. The zero-order valence-corrected chi connectivity index (χ0v) is 18.9. The van der Waals surface area contributed by atoms with Crippen molar-refractivity contribution < 1.29 is 38.5 Å². The number of thioether (sulfide) groups is 1. The number of ether oxygens (including phenoxy) is 3. The van der Waals surface area contributed by atoms with Crippen molar-refractivity contribution >= 4 is 40.9 Å². The van der Waals surface area contributed by atoms with E-state index in [1.54, 1.807) is 30.3 Å². The summed E-state index contributed by atoms with van der Waals surface area (Å²) in [7, 11) is 2.65. The molecule has 1 atom stereocenters. The molecule has 9 nitrogen and oxygen atoms in total. The maximum atomic E-state index is 12.6. The van der Waals surface area contributed by atoms with Crippen LogP contribution in [0.15, 0.2) is 47.4 Å². The van der Waals surface area contributed by atoms with Crippen molar-refractivity contribution in [2.24, 2.45) is 0 Å². The molecule has 2 aromatic carbocycles. The smallest absolute Gasteiger partial charge is 0.335 e. The Morgan fingerprint density at radius 3 is 2.55 bits per heavy atom. The summed E-state index contributed by atoms with van der Waals surface area (Å²) < 4.78 is 15.8. The number of methoxy groups -OCH3 is 2. The minimum atomic E-state index is -1.03. The lowest BCUT2D eigenvalue weighted by Gasteiger charge is -2.18. The van der Waals surface area contributed by atoms with Crippen LogP contribution in [0.3, 0.4) is 0 Å². The maximum absolute atomic E-state index is 12.6. The number of amides is 2. The third-order valence-corrected chi connectivity index (χ3v) is 5.69. The third-order valence-electron chi connectivity index (χ3n) is 4.81. The Morgan fingerprint density at radius 1 is 1.12 bits per heavy atom. The zero-order valence-electron chi connectivity index (χ0n) is 18.1. The second kappa shape index (κ2) is 10.2. The average molecular weight is 471 g/mol. The van der Waals surface area contributed by atoms with E-state index < -0.39 is 29.1 Å². The lowest BCUT2D eigenvalue weighted by atomic mass is 10.1. The first kappa shape index (κ1) is 23.9. The molecule has 2 aromatic rings. The molecule has 0 aliphatic carbocycles. The highest BCUT2D eigenvalue weighted by Gasteiger charge is 2.41. The largest absolute Gasteiger partial charge is 0.493 e. The Bertz CT molecular complexity index is 1140. The molecule has 0 unspecified atom stereocenters. The van der Waals surface area contributed by atoms with Gasteiger partial charge in [0.1, 0.15) is 12.6 Å². The van der Waals surface area contributed by atoms with Gasteiger partial charge in [0.2, 0.25) is 0 Å². The monoisotopic (exact) mass is 471 g/mol. The zero-order chi connectivity index (χ0) is 24.1. The number of carbonyl (C=O) groups is 4. The molecule has 0 aromatic heterocycles. The highest BCUT2D eigenvalue weighted by Crippen LogP contribution is 2.35. The lowest BCUT2D eigenvalue weighted by molar-refractivity contribution is -0.148. The fourth-order valence-electron chi connectivity index (χ4n) is 3.09. The normalized spacial score (nSPS) is 15.5. The van der Waals surface area contributed by atoms with E-state index in [9.17, 15) is 19.2 Å². The second-order valence-corrected chi connectivity index (χ2v) is 7.95. The number of benzene rings is 2. The first-order chi connectivity index (χ1) is 15.7. The van der Waals surface area contributed by atoms with Crippen LogP contribution in [0.1, 0.15) is 28.4 Å². The van der Waals surface area contributed by atoms with Gasteiger partial charge >= 0.3 is 11.9 Å². The van der Waals surface area contributed by atoms with Crippen LogP contribution < -0.4 is 9.47 Å². The summed E-state index contributed by atoms with van der Waals surface area (Å²) in [4.78, 5) is 48.8. The SMILES string of the molecule is COC(=O)[C@@H](C)N1C(=O)S/C(=C\c2ccc(OCc3cccc(C(=O)O)c3)c(OC)c2)C1=O. The molecule has 172 valence electrons. The molecule has 0 bridgehead atoms. The summed E-state index contributed by atoms with van der Waals surface area (Å²) in [5.74, 6) is -1.48. The van der Waals surface area contributed by atoms with E-state index in [-0.39, 0.29) is 17.1 Å². The van der Waals surface area contributed by atoms with Gasteiger partial charge in [0.05, 0.1) is 24.7 Å². The van der Waals surface area contributed by atoms with Crippen molar-refractivity contribution in [3.05, 3.63) is 64.1 Å². The van der Waals surface area contributed by atoms with Gasteiger partial charge in [0, 0.05) is 0 Å². The van der Waals surface area contributed by atoms with Crippen molar-refractivity contribution in [3.63, 3.8) is 0 Å². The minimum absolute atomic E-state index is 0.126. The second-order valence-electron chi connectivity index (χ2n) is 6.96. The van der Waals surface area contributed by atoms with E-state index in [1.807, 2.05) is 0 Å². The quantitative estimate of drug-likeness (QED) is 0.455. The fraction of sp³-hybridized carbons (Fsp3) is 0.217. The summed E-state index contributed by atoms with van der Waals surface area (Å²) in [6, 6.07) is 10.3. The molecule has 2 amide bonds. The van der Waals surface area contributed by atoms with Crippen LogP contribution >= 0.6 is 11.8 Å². The summed E-state index contributed by atoms with van der Waals surface area (Å²) in [6.07, 6.45) is 1.53. The third kappa shape index (κ3) is 5.35. The Balaban J connectivity index is 1.77. The van der Waals surface area contributed by atoms with Crippen LogP contribution in [0, 0.1) is 0 Å². The summed E-state index contributed by atoms with van der Waals surface area (Å²) >= 11 is 0.732. The van der Waals surface area contributed by atoms with Crippen LogP contribution in [0.5, 0.6) is 11.5 Å². The van der Waals surface area contributed by atoms with Crippen molar-refractivity contribution in [3.8, 4) is 11.5 Å². The number of nitrogens with zero attached hydrogens (tertiary/aromatic N) is 1. The van der Waals surface area contributed by atoms with Crippen molar-refractivity contribution in [2.45, 2.75) is 19.6 Å². The Kier molecular flexibility index (Phi) is 7.39. The van der Waals surface area contributed by atoms with Gasteiger partial charge in [-0.15, -0.1) is 0 Å². The van der Waals surface area contributed by atoms with Crippen LogP contribution in [-0.2, 0) is 20.9 Å². The molecule has 0 radical (unpaired) electrons. The van der Waals surface area contributed by atoms with Gasteiger partial charge in [-0.2, -0.15) is 0 Å². The van der Waals surface area contributed by atoms with Crippen LogP contribution in [0.25, 0.3) is 6.08 Å².